The second kappa shape index (κ2) is 6.74. The van der Waals surface area contributed by atoms with Gasteiger partial charge < -0.3 is 15.6 Å². The van der Waals surface area contributed by atoms with Crippen LogP contribution in [0.25, 0.3) is 0 Å². The molecule has 0 radical (unpaired) electrons. The molecular weight excluding hydrogens is 262 g/mol. The van der Waals surface area contributed by atoms with Crippen molar-refractivity contribution in [3.8, 4) is 5.75 Å². The summed E-state index contributed by atoms with van der Waals surface area (Å²) in [6, 6.07) is 13.9. The Balaban J connectivity index is 2.51. The average Bonchev–Trinajstić information content (AvgIpc) is 2.46. The minimum absolute atomic E-state index is 0.0521. The summed E-state index contributed by atoms with van der Waals surface area (Å²) in [6.07, 6.45) is 0. The van der Waals surface area contributed by atoms with Gasteiger partial charge in [0.25, 0.3) is 0 Å². The number of methoxy groups -OCH3 is 1. The molecule has 112 valence electrons. The molecule has 2 rings (SSSR count). The number of hydrogen-bond acceptors (Lipinski definition) is 3. The van der Waals surface area contributed by atoms with E-state index in [-0.39, 0.29) is 18.6 Å². The lowest BCUT2D eigenvalue weighted by atomic mass is 9.84. The summed E-state index contributed by atoms with van der Waals surface area (Å²) >= 11 is 0. The molecule has 0 fully saturated rings. The fourth-order valence-corrected chi connectivity index (χ4v) is 2.82. The van der Waals surface area contributed by atoms with E-state index in [2.05, 4.69) is 32.0 Å². The molecule has 3 N–H and O–H groups in total. The van der Waals surface area contributed by atoms with Crippen LogP contribution in [0.15, 0.2) is 42.5 Å². The highest BCUT2D eigenvalue weighted by atomic mass is 16.5. The van der Waals surface area contributed by atoms with Crippen molar-refractivity contribution in [1.29, 1.82) is 0 Å². The maximum atomic E-state index is 9.54. The van der Waals surface area contributed by atoms with E-state index in [4.69, 9.17) is 10.5 Å². The van der Waals surface area contributed by atoms with E-state index in [1.54, 1.807) is 7.11 Å². The molecule has 0 aromatic heterocycles. The number of rotatable bonds is 5. The molecule has 2 atom stereocenters. The van der Waals surface area contributed by atoms with Gasteiger partial charge in [-0.1, -0.05) is 41.5 Å². The lowest BCUT2D eigenvalue weighted by Crippen LogP contribution is -2.32. The van der Waals surface area contributed by atoms with Gasteiger partial charge in [-0.05, 0) is 37.1 Å². The molecule has 0 heterocycles. The first kappa shape index (κ1) is 15.5. The van der Waals surface area contributed by atoms with Crippen molar-refractivity contribution in [1.82, 2.24) is 0 Å². The minimum atomic E-state index is -0.349. The quantitative estimate of drug-likeness (QED) is 0.888. The van der Waals surface area contributed by atoms with Crippen molar-refractivity contribution in [2.24, 2.45) is 5.73 Å². The molecule has 2 aromatic rings. The highest BCUT2D eigenvalue weighted by Crippen LogP contribution is 2.30. The summed E-state index contributed by atoms with van der Waals surface area (Å²) < 4.78 is 5.30. The Morgan fingerprint density at radius 2 is 1.71 bits per heavy atom. The first-order valence-corrected chi connectivity index (χ1v) is 7.13. The van der Waals surface area contributed by atoms with Crippen molar-refractivity contribution in [2.45, 2.75) is 25.8 Å². The second-order valence-electron chi connectivity index (χ2n) is 5.52. The summed E-state index contributed by atoms with van der Waals surface area (Å²) in [5.74, 6) is 0.746. The summed E-state index contributed by atoms with van der Waals surface area (Å²) in [5.41, 5.74) is 10.8. The number of nitrogens with two attached hydrogens (primary N) is 1. The zero-order valence-corrected chi connectivity index (χ0v) is 12.8. The Hall–Kier alpha value is -1.84. The maximum Gasteiger partial charge on any atom is 0.119 e. The van der Waals surface area contributed by atoms with Crippen LogP contribution >= 0.6 is 0 Å². The largest absolute Gasteiger partial charge is 0.497 e. The highest BCUT2D eigenvalue weighted by molar-refractivity contribution is 5.41. The second-order valence-corrected chi connectivity index (χ2v) is 5.52. The van der Waals surface area contributed by atoms with Crippen molar-refractivity contribution in [3.63, 3.8) is 0 Å². The van der Waals surface area contributed by atoms with E-state index in [1.165, 1.54) is 11.1 Å². The SMILES string of the molecule is COc1cccc(C(c2cc(C)cc(C)c2)[C@H](N)CO)c1. The van der Waals surface area contributed by atoms with E-state index < -0.39 is 0 Å². The van der Waals surface area contributed by atoms with Gasteiger partial charge in [-0.3, -0.25) is 0 Å². The average molecular weight is 285 g/mol. The van der Waals surface area contributed by atoms with E-state index in [0.717, 1.165) is 16.9 Å². The summed E-state index contributed by atoms with van der Waals surface area (Å²) in [4.78, 5) is 0. The van der Waals surface area contributed by atoms with Crippen LogP contribution in [0.3, 0.4) is 0 Å². The van der Waals surface area contributed by atoms with Gasteiger partial charge in [-0.2, -0.15) is 0 Å². The summed E-state index contributed by atoms with van der Waals surface area (Å²) in [6.45, 7) is 4.09. The van der Waals surface area contributed by atoms with Gasteiger partial charge in [0, 0.05) is 12.0 Å². The monoisotopic (exact) mass is 285 g/mol. The van der Waals surface area contributed by atoms with Gasteiger partial charge >= 0.3 is 0 Å². The van der Waals surface area contributed by atoms with Crippen molar-refractivity contribution >= 4 is 0 Å². The van der Waals surface area contributed by atoms with Gasteiger partial charge in [0.05, 0.1) is 13.7 Å². The molecule has 0 amide bonds. The van der Waals surface area contributed by atoms with Crippen LogP contribution in [0.2, 0.25) is 0 Å². The van der Waals surface area contributed by atoms with Gasteiger partial charge in [0.2, 0.25) is 0 Å². The van der Waals surface area contributed by atoms with E-state index in [1.807, 2.05) is 24.3 Å². The Labute approximate surface area is 126 Å². The first-order chi connectivity index (χ1) is 10.0. The van der Waals surface area contributed by atoms with Crippen molar-refractivity contribution in [3.05, 3.63) is 64.7 Å². The lowest BCUT2D eigenvalue weighted by Gasteiger charge is -2.24. The van der Waals surface area contributed by atoms with Crippen LogP contribution < -0.4 is 10.5 Å². The highest BCUT2D eigenvalue weighted by Gasteiger charge is 2.22. The lowest BCUT2D eigenvalue weighted by molar-refractivity contribution is 0.256. The van der Waals surface area contributed by atoms with Crippen LogP contribution in [0.5, 0.6) is 5.75 Å². The zero-order chi connectivity index (χ0) is 15.4. The Kier molecular flexibility index (Phi) is 4.99. The van der Waals surface area contributed by atoms with Gasteiger partial charge in [-0.25, -0.2) is 0 Å². The van der Waals surface area contributed by atoms with Crippen LogP contribution in [0.1, 0.15) is 28.2 Å². The molecule has 0 aliphatic rings. The van der Waals surface area contributed by atoms with Gasteiger partial charge in [0.1, 0.15) is 5.75 Å². The van der Waals surface area contributed by atoms with E-state index in [0.29, 0.717) is 0 Å². The molecule has 0 saturated heterocycles. The molecule has 0 bridgehead atoms. The zero-order valence-electron chi connectivity index (χ0n) is 12.8. The minimum Gasteiger partial charge on any atom is -0.497 e. The molecule has 3 nitrogen and oxygen atoms in total. The van der Waals surface area contributed by atoms with E-state index >= 15 is 0 Å². The standard InChI is InChI=1S/C18H23NO2/c1-12-7-13(2)9-15(8-12)18(17(19)11-20)14-5-4-6-16(10-14)21-3/h4-10,17-18,20H,11,19H2,1-3H3/t17-,18?/m1/s1. The topological polar surface area (TPSA) is 55.5 Å². The van der Waals surface area contributed by atoms with Gasteiger partial charge in [-0.15, -0.1) is 0 Å². The van der Waals surface area contributed by atoms with Gasteiger partial charge in [0.15, 0.2) is 0 Å². The number of ether oxygens (including phenoxy) is 1. The first-order valence-electron chi connectivity index (χ1n) is 7.13. The van der Waals surface area contributed by atoms with Crippen LogP contribution in [-0.4, -0.2) is 24.9 Å². The number of benzene rings is 2. The van der Waals surface area contributed by atoms with E-state index in [9.17, 15) is 5.11 Å². The van der Waals surface area contributed by atoms with Crippen molar-refractivity contribution < 1.29 is 9.84 Å². The van der Waals surface area contributed by atoms with Crippen LogP contribution in [0.4, 0.5) is 0 Å². The normalized spacial score (nSPS) is 13.8. The smallest absolute Gasteiger partial charge is 0.119 e. The molecular formula is C18H23NO2. The molecule has 0 aliphatic heterocycles. The van der Waals surface area contributed by atoms with Crippen LogP contribution in [-0.2, 0) is 0 Å². The number of aryl methyl sites for hydroxylation is 2. The Morgan fingerprint density at radius 1 is 1.05 bits per heavy atom. The molecule has 0 aliphatic carbocycles. The predicted molar refractivity (Wildman–Crippen MR) is 85.8 cm³/mol. The number of aliphatic hydroxyl groups excluding tert-OH is 1. The fourth-order valence-electron chi connectivity index (χ4n) is 2.82. The molecule has 0 spiro atoms. The Bertz CT molecular complexity index is 590. The molecule has 21 heavy (non-hydrogen) atoms. The number of hydrogen-bond donors (Lipinski definition) is 2. The third-order valence-electron chi connectivity index (χ3n) is 3.70. The Morgan fingerprint density at radius 3 is 2.29 bits per heavy atom. The molecule has 2 aromatic carbocycles. The van der Waals surface area contributed by atoms with Crippen molar-refractivity contribution in [2.75, 3.05) is 13.7 Å². The molecule has 3 heteroatoms. The third-order valence-corrected chi connectivity index (χ3v) is 3.70. The maximum absolute atomic E-state index is 9.54. The molecule has 0 saturated carbocycles. The predicted octanol–water partition coefficient (Wildman–Crippen LogP) is 2.76. The van der Waals surface area contributed by atoms with Crippen LogP contribution in [0, 0.1) is 13.8 Å². The fraction of sp³-hybridized carbons (Fsp3) is 0.333. The summed E-state index contributed by atoms with van der Waals surface area (Å²) in [7, 11) is 1.65. The number of aliphatic hydroxyl groups is 1. The summed E-state index contributed by atoms with van der Waals surface area (Å²) in [5, 5.41) is 9.54. The molecule has 1 unspecified atom stereocenters. The third kappa shape index (κ3) is 3.63.